The van der Waals surface area contributed by atoms with Crippen molar-refractivity contribution in [3.8, 4) is 5.75 Å². The second-order valence-corrected chi connectivity index (χ2v) is 5.01. The molecule has 0 heterocycles. The van der Waals surface area contributed by atoms with E-state index < -0.39 is 6.04 Å². The number of hydrogen-bond donors (Lipinski definition) is 2. The van der Waals surface area contributed by atoms with E-state index in [9.17, 15) is 4.79 Å². The summed E-state index contributed by atoms with van der Waals surface area (Å²) in [5.41, 5.74) is 6.84. The number of hydrogen-bond acceptors (Lipinski definition) is 3. The van der Waals surface area contributed by atoms with Gasteiger partial charge in [-0.2, -0.15) is 0 Å². The van der Waals surface area contributed by atoms with Crippen molar-refractivity contribution in [3.63, 3.8) is 0 Å². The zero-order valence-electron chi connectivity index (χ0n) is 12.1. The second-order valence-electron chi connectivity index (χ2n) is 5.01. The first-order chi connectivity index (χ1) is 8.95. The van der Waals surface area contributed by atoms with Gasteiger partial charge in [0.15, 0.2) is 0 Å². The highest BCUT2D eigenvalue weighted by molar-refractivity contribution is 5.82. The first-order valence-electron chi connectivity index (χ1n) is 6.74. The minimum absolute atomic E-state index is 0.0855. The van der Waals surface area contributed by atoms with Crippen LogP contribution >= 0.6 is 0 Å². The molecule has 0 spiro atoms. The molecule has 0 aromatic heterocycles. The summed E-state index contributed by atoms with van der Waals surface area (Å²) in [6.07, 6.45) is 0. The molecule has 1 rings (SSSR count). The average Bonchev–Trinajstić information content (AvgIpc) is 2.38. The minimum atomic E-state index is -0.475. The van der Waals surface area contributed by atoms with Gasteiger partial charge in [0.1, 0.15) is 5.75 Å². The van der Waals surface area contributed by atoms with Crippen LogP contribution in [0.3, 0.4) is 0 Å². The van der Waals surface area contributed by atoms with Crippen molar-refractivity contribution in [2.45, 2.75) is 39.8 Å². The van der Waals surface area contributed by atoms with Crippen LogP contribution in [0, 0.1) is 5.92 Å². The normalized spacial score (nSPS) is 14.0. The molecule has 1 aromatic rings. The van der Waals surface area contributed by atoms with Crippen molar-refractivity contribution in [3.05, 3.63) is 29.8 Å². The number of ether oxygens (including phenoxy) is 1. The molecule has 2 unspecified atom stereocenters. The van der Waals surface area contributed by atoms with Crippen molar-refractivity contribution in [1.82, 2.24) is 5.32 Å². The van der Waals surface area contributed by atoms with Crippen LogP contribution in [0.1, 0.15) is 39.3 Å². The summed E-state index contributed by atoms with van der Waals surface area (Å²) in [7, 11) is 0. The Morgan fingerprint density at radius 3 is 2.63 bits per heavy atom. The Morgan fingerprint density at radius 2 is 2.05 bits per heavy atom. The second kappa shape index (κ2) is 7.14. The quantitative estimate of drug-likeness (QED) is 0.828. The lowest BCUT2D eigenvalue weighted by molar-refractivity contribution is -0.123. The summed E-state index contributed by atoms with van der Waals surface area (Å²) in [4.78, 5) is 11.9. The largest absolute Gasteiger partial charge is 0.494 e. The van der Waals surface area contributed by atoms with Crippen LogP contribution in [0.4, 0.5) is 0 Å². The fourth-order valence-electron chi connectivity index (χ4n) is 1.74. The minimum Gasteiger partial charge on any atom is -0.494 e. The third-order valence-electron chi connectivity index (χ3n) is 3.05. The first-order valence-corrected chi connectivity index (χ1v) is 6.74. The van der Waals surface area contributed by atoms with Gasteiger partial charge in [-0.1, -0.05) is 26.0 Å². The summed E-state index contributed by atoms with van der Waals surface area (Å²) in [5.74, 6) is 0.820. The molecular weight excluding hydrogens is 240 g/mol. The Morgan fingerprint density at radius 1 is 1.37 bits per heavy atom. The van der Waals surface area contributed by atoms with Crippen LogP contribution in [0.2, 0.25) is 0 Å². The summed E-state index contributed by atoms with van der Waals surface area (Å²) in [6.45, 7) is 8.38. The smallest absolute Gasteiger partial charge is 0.237 e. The van der Waals surface area contributed by atoms with Gasteiger partial charge >= 0.3 is 0 Å². The highest BCUT2D eigenvalue weighted by atomic mass is 16.5. The predicted molar refractivity (Wildman–Crippen MR) is 77.0 cm³/mol. The van der Waals surface area contributed by atoms with Crippen LogP contribution in [0.5, 0.6) is 5.75 Å². The van der Waals surface area contributed by atoms with Crippen LogP contribution in [0.15, 0.2) is 24.3 Å². The van der Waals surface area contributed by atoms with Gasteiger partial charge in [0.25, 0.3) is 0 Å². The molecule has 3 N–H and O–H groups in total. The van der Waals surface area contributed by atoms with Gasteiger partial charge in [0, 0.05) is 0 Å². The molecule has 106 valence electrons. The molecule has 19 heavy (non-hydrogen) atoms. The third-order valence-corrected chi connectivity index (χ3v) is 3.05. The number of nitrogens with one attached hydrogen (secondary N) is 1. The third kappa shape index (κ3) is 4.56. The number of rotatable bonds is 6. The van der Waals surface area contributed by atoms with Gasteiger partial charge in [-0.3, -0.25) is 4.79 Å². The molecule has 0 aliphatic heterocycles. The summed E-state index contributed by atoms with van der Waals surface area (Å²) < 4.78 is 5.45. The molecule has 2 atom stereocenters. The molecular formula is C15H24N2O2. The molecule has 4 nitrogen and oxygen atoms in total. The molecule has 0 saturated carbocycles. The number of nitrogens with two attached hydrogens (primary N) is 1. The van der Waals surface area contributed by atoms with Crippen molar-refractivity contribution < 1.29 is 9.53 Å². The zero-order valence-corrected chi connectivity index (χ0v) is 12.1. The zero-order chi connectivity index (χ0) is 14.4. The fourth-order valence-corrected chi connectivity index (χ4v) is 1.74. The maximum atomic E-state index is 11.9. The molecule has 0 radical (unpaired) electrons. The summed E-state index contributed by atoms with van der Waals surface area (Å²) in [6, 6.07) is 7.17. The Balaban J connectivity index is 2.69. The number of amides is 1. The lowest BCUT2D eigenvalue weighted by Gasteiger charge is -2.20. The standard InChI is InChI=1S/C15H24N2O2/c1-5-19-13-8-6-7-12(9-13)11(4)17-15(18)14(16)10(2)3/h6-11,14H,5,16H2,1-4H3,(H,17,18). The van der Waals surface area contributed by atoms with Crippen molar-refractivity contribution in [1.29, 1.82) is 0 Å². The van der Waals surface area contributed by atoms with Crippen LogP contribution in [-0.2, 0) is 4.79 Å². The van der Waals surface area contributed by atoms with Gasteiger partial charge < -0.3 is 15.8 Å². The van der Waals surface area contributed by atoms with Crippen molar-refractivity contribution in [2.24, 2.45) is 11.7 Å². The average molecular weight is 264 g/mol. The molecule has 0 bridgehead atoms. The molecule has 4 heteroatoms. The van der Waals surface area contributed by atoms with E-state index in [0.717, 1.165) is 11.3 Å². The van der Waals surface area contributed by atoms with E-state index in [2.05, 4.69) is 5.32 Å². The Labute approximate surface area is 115 Å². The highest BCUT2D eigenvalue weighted by Gasteiger charge is 2.19. The van der Waals surface area contributed by atoms with Crippen LogP contribution < -0.4 is 15.8 Å². The van der Waals surface area contributed by atoms with E-state index in [-0.39, 0.29) is 17.9 Å². The predicted octanol–water partition coefficient (Wildman–Crippen LogP) is 2.25. The van der Waals surface area contributed by atoms with E-state index in [1.54, 1.807) is 0 Å². The maximum Gasteiger partial charge on any atom is 0.237 e. The topological polar surface area (TPSA) is 64.3 Å². The monoisotopic (exact) mass is 264 g/mol. The lowest BCUT2D eigenvalue weighted by atomic mass is 10.0. The van der Waals surface area contributed by atoms with Crippen LogP contribution in [0.25, 0.3) is 0 Å². The summed E-state index contributed by atoms with van der Waals surface area (Å²) in [5, 5.41) is 2.93. The van der Waals surface area contributed by atoms with Gasteiger partial charge in [-0.15, -0.1) is 0 Å². The summed E-state index contributed by atoms with van der Waals surface area (Å²) >= 11 is 0. The van der Waals surface area contributed by atoms with Gasteiger partial charge in [0.05, 0.1) is 18.7 Å². The Kier molecular flexibility index (Phi) is 5.83. The van der Waals surface area contributed by atoms with Gasteiger partial charge in [-0.25, -0.2) is 0 Å². The molecule has 0 fully saturated rings. The van der Waals surface area contributed by atoms with E-state index in [1.165, 1.54) is 0 Å². The van der Waals surface area contributed by atoms with Gasteiger partial charge in [0.2, 0.25) is 5.91 Å². The highest BCUT2D eigenvalue weighted by Crippen LogP contribution is 2.19. The van der Waals surface area contributed by atoms with E-state index in [4.69, 9.17) is 10.5 Å². The molecule has 1 aromatic carbocycles. The Bertz CT molecular complexity index is 418. The molecule has 0 saturated heterocycles. The van der Waals surface area contributed by atoms with Crippen LogP contribution in [-0.4, -0.2) is 18.6 Å². The van der Waals surface area contributed by atoms with E-state index >= 15 is 0 Å². The lowest BCUT2D eigenvalue weighted by Crippen LogP contribution is -2.44. The molecule has 0 aliphatic carbocycles. The number of benzene rings is 1. The number of carbonyl (C=O) groups is 1. The first kappa shape index (κ1) is 15.5. The SMILES string of the molecule is CCOc1cccc(C(C)NC(=O)C(N)C(C)C)c1. The Hall–Kier alpha value is -1.55. The van der Waals surface area contributed by atoms with E-state index in [1.807, 2.05) is 52.0 Å². The molecule has 0 aliphatic rings. The number of carbonyl (C=O) groups excluding carboxylic acids is 1. The van der Waals surface area contributed by atoms with Crippen molar-refractivity contribution >= 4 is 5.91 Å². The van der Waals surface area contributed by atoms with Gasteiger partial charge in [-0.05, 0) is 37.5 Å². The molecule has 1 amide bonds. The fraction of sp³-hybridized carbons (Fsp3) is 0.533. The van der Waals surface area contributed by atoms with E-state index in [0.29, 0.717) is 6.61 Å². The maximum absolute atomic E-state index is 11.9. The van der Waals surface area contributed by atoms with Crippen molar-refractivity contribution in [2.75, 3.05) is 6.61 Å².